The Labute approximate surface area is 292 Å². The number of carbonyl (C=O) groups excluding carboxylic acids is 4. The van der Waals surface area contributed by atoms with Crippen molar-refractivity contribution < 1.29 is 42.9 Å². The molecule has 0 fully saturated rings. The van der Waals surface area contributed by atoms with Gasteiger partial charge < -0.3 is 29.0 Å². The van der Waals surface area contributed by atoms with Crippen molar-refractivity contribution in [3.05, 3.63) is 108 Å². The van der Waals surface area contributed by atoms with Crippen molar-refractivity contribution >= 4 is 41.1 Å². The van der Waals surface area contributed by atoms with Crippen LogP contribution in [0.5, 0.6) is 17.2 Å². The van der Waals surface area contributed by atoms with Gasteiger partial charge in [-0.1, -0.05) is 24.8 Å². The first kappa shape index (κ1) is 38.4. The lowest BCUT2D eigenvalue weighted by atomic mass is 10.2. The van der Waals surface area contributed by atoms with E-state index in [-0.39, 0.29) is 16.7 Å². The van der Waals surface area contributed by atoms with Gasteiger partial charge in [-0.2, -0.15) is 0 Å². The molecule has 1 amide bonds. The number of nitrogens with one attached hydrogen (secondary N) is 1. The molecule has 0 saturated carbocycles. The molecule has 3 aromatic carbocycles. The topological polar surface area (TPSA) is 126 Å². The maximum Gasteiger partial charge on any atom is 0.343 e. The predicted molar refractivity (Wildman–Crippen MR) is 187 cm³/mol. The number of carbonyl (C=O) groups is 4. The van der Waals surface area contributed by atoms with E-state index in [1.807, 2.05) is 0 Å². The molecule has 49 heavy (non-hydrogen) atoms. The number of esters is 3. The van der Waals surface area contributed by atoms with E-state index in [1.54, 1.807) is 60.7 Å². The molecule has 11 heteroatoms. The van der Waals surface area contributed by atoms with E-state index in [4.69, 9.17) is 35.3 Å². The highest BCUT2D eigenvalue weighted by atomic mass is 35.5. The molecule has 0 bridgehead atoms. The maximum absolute atomic E-state index is 12.8. The molecule has 0 heterocycles. The number of hydrogen-bond acceptors (Lipinski definition) is 9. The monoisotopic (exact) mass is 691 g/mol. The summed E-state index contributed by atoms with van der Waals surface area (Å²) in [4.78, 5) is 47.5. The number of amides is 1. The normalized spacial score (nSPS) is 10.4. The first-order valence-corrected chi connectivity index (χ1v) is 16.5. The average molecular weight is 692 g/mol. The van der Waals surface area contributed by atoms with Crippen molar-refractivity contribution in [1.82, 2.24) is 0 Å². The summed E-state index contributed by atoms with van der Waals surface area (Å²) in [6.07, 6.45) is 9.29. The number of halogens is 1. The van der Waals surface area contributed by atoms with Gasteiger partial charge in [0.1, 0.15) is 17.2 Å². The molecular weight excluding hydrogens is 650 g/mol. The van der Waals surface area contributed by atoms with Crippen LogP contribution in [0.25, 0.3) is 0 Å². The standard InChI is InChI=1S/C38H42ClNO9/c1-3-35(41)47-25-11-7-5-9-23-45-30-17-13-28(14-18-30)37(43)40-34-22-21-32(27-33(34)39)49-38(44)29-15-19-31(20-16-29)46-24-10-6-8-12-26-48-36(42)4-2/h3-4,13-22,27H,1-2,5-12,23-26H2,(H,40,43). The number of anilines is 1. The van der Waals surface area contributed by atoms with Gasteiger partial charge >= 0.3 is 17.9 Å². The third-order valence-corrected chi connectivity index (χ3v) is 7.36. The highest BCUT2D eigenvalue weighted by molar-refractivity contribution is 6.34. The lowest BCUT2D eigenvalue weighted by Crippen LogP contribution is -2.12. The molecule has 1 N–H and O–H groups in total. The Kier molecular flexibility index (Phi) is 17.0. The number of benzene rings is 3. The largest absolute Gasteiger partial charge is 0.494 e. The highest BCUT2D eigenvalue weighted by Gasteiger charge is 2.13. The number of rotatable bonds is 22. The van der Waals surface area contributed by atoms with Crippen molar-refractivity contribution in [1.29, 1.82) is 0 Å². The van der Waals surface area contributed by atoms with Gasteiger partial charge in [0, 0.05) is 23.8 Å². The van der Waals surface area contributed by atoms with E-state index in [9.17, 15) is 19.2 Å². The van der Waals surface area contributed by atoms with Crippen LogP contribution in [0, 0.1) is 0 Å². The lowest BCUT2D eigenvalue weighted by Gasteiger charge is -2.11. The van der Waals surface area contributed by atoms with Crippen molar-refractivity contribution in [2.24, 2.45) is 0 Å². The summed E-state index contributed by atoms with van der Waals surface area (Å²) in [5.74, 6) is -0.227. The molecule has 10 nitrogen and oxygen atoms in total. The Morgan fingerprint density at radius 2 is 1.04 bits per heavy atom. The van der Waals surface area contributed by atoms with E-state index >= 15 is 0 Å². The van der Waals surface area contributed by atoms with Gasteiger partial charge in [0.2, 0.25) is 0 Å². The minimum absolute atomic E-state index is 0.207. The smallest absolute Gasteiger partial charge is 0.343 e. The minimum Gasteiger partial charge on any atom is -0.494 e. The quantitative estimate of drug-likeness (QED) is 0.0481. The van der Waals surface area contributed by atoms with Gasteiger partial charge in [0.15, 0.2) is 0 Å². The Balaban J connectivity index is 1.35. The second kappa shape index (κ2) is 21.7. The van der Waals surface area contributed by atoms with E-state index in [1.165, 1.54) is 6.07 Å². The number of hydrogen-bond donors (Lipinski definition) is 1. The fourth-order valence-corrected chi connectivity index (χ4v) is 4.59. The zero-order chi connectivity index (χ0) is 35.3. The van der Waals surface area contributed by atoms with E-state index in [0.717, 1.165) is 63.5 Å². The van der Waals surface area contributed by atoms with Crippen LogP contribution in [0.4, 0.5) is 5.69 Å². The fourth-order valence-electron chi connectivity index (χ4n) is 4.37. The van der Waals surface area contributed by atoms with Crippen molar-refractivity contribution in [2.45, 2.75) is 51.4 Å². The Bertz CT molecular complexity index is 1540. The van der Waals surface area contributed by atoms with E-state index in [0.29, 0.717) is 54.7 Å². The Morgan fingerprint density at radius 3 is 1.51 bits per heavy atom. The van der Waals surface area contributed by atoms with Gasteiger partial charge in [-0.15, -0.1) is 0 Å². The Morgan fingerprint density at radius 1 is 0.592 bits per heavy atom. The average Bonchev–Trinajstić information content (AvgIpc) is 3.11. The van der Waals surface area contributed by atoms with Crippen molar-refractivity contribution in [3.8, 4) is 17.2 Å². The van der Waals surface area contributed by atoms with Gasteiger partial charge in [-0.3, -0.25) is 4.79 Å². The lowest BCUT2D eigenvalue weighted by molar-refractivity contribution is -0.138. The SMILES string of the molecule is C=CC(=O)OCCCCCCOc1ccc(C(=O)Nc2ccc(OC(=O)c3ccc(OCCCCCCOC(=O)C=C)cc3)cc2Cl)cc1. The minimum atomic E-state index is -0.564. The second-order valence-corrected chi connectivity index (χ2v) is 11.2. The molecule has 0 radical (unpaired) electrons. The second-order valence-electron chi connectivity index (χ2n) is 10.8. The summed E-state index contributed by atoms with van der Waals surface area (Å²) in [7, 11) is 0. The van der Waals surface area contributed by atoms with Crippen molar-refractivity contribution in [2.75, 3.05) is 31.7 Å². The summed E-state index contributed by atoms with van der Waals surface area (Å²) in [6, 6.07) is 18.0. The molecule has 3 rings (SSSR count). The van der Waals surface area contributed by atoms with Crippen molar-refractivity contribution in [3.63, 3.8) is 0 Å². The molecule has 260 valence electrons. The molecule has 0 aliphatic carbocycles. The molecule has 0 aliphatic heterocycles. The summed E-state index contributed by atoms with van der Waals surface area (Å²) < 4.78 is 26.9. The molecule has 0 aromatic heterocycles. The summed E-state index contributed by atoms with van der Waals surface area (Å²) in [6.45, 7) is 8.54. The van der Waals surface area contributed by atoms with Crippen LogP contribution in [-0.4, -0.2) is 50.2 Å². The molecule has 3 aromatic rings. The van der Waals surface area contributed by atoms with Crippen LogP contribution in [-0.2, 0) is 19.1 Å². The van der Waals surface area contributed by atoms with Crippen LogP contribution in [0.1, 0.15) is 72.1 Å². The molecule has 0 saturated heterocycles. The maximum atomic E-state index is 12.8. The van der Waals surface area contributed by atoms with Gasteiger partial charge in [-0.25, -0.2) is 14.4 Å². The number of ether oxygens (including phenoxy) is 5. The molecule has 0 unspecified atom stereocenters. The molecule has 0 aliphatic rings. The van der Waals surface area contributed by atoms with Gasteiger partial charge in [0.25, 0.3) is 5.91 Å². The summed E-state index contributed by atoms with van der Waals surface area (Å²) in [5.41, 5.74) is 1.12. The van der Waals surface area contributed by atoms with Crippen LogP contribution < -0.4 is 19.5 Å². The summed E-state index contributed by atoms with van der Waals surface area (Å²) in [5, 5.41) is 2.97. The molecule has 0 atom stereocenters. The predicted octanol–water partition coefficient (Wildman–Crippen LogP) is 8.15. The fraction of sp³-hybridized carbons (Fsp3) is 0.316. The van der Waals surface area contributed by atoms with Gasteiger partial charge in [0.05, 0.1) is 42.7 Å². The summed E-state index contributed by atoms with van der Waals surface area (Å²) >= 11 is 6.39. The first-order valence-electron chi connectivity index (χ1n) is 16.2. The highest BCUT2D eigenvalue weighted by Crippen LogP contribution is 2.28. The third-order valence-electron chi connectivity index (χ3n) is 7.04. The zero-order valence-electron chi connectivity index (χ0n) is 27.5. The van der Waals surface area contributed by atoms with Crippen LogP contribution in [0.2, 0.25) is 5.02 Å². The Hall–Kier alpha value is -5.09. The number of unbranched alkanes of at least 4 members (excludes halogenated alkanes) is 6. The molecular formula is C38H42ClNO9. The zero-order valence-corrected chi connectivity index (χ0v) is 28.2. The third kappa shape index (κ3) is 14.7. The van der Waals surface area contributed by atoms with Gasteiger partial charge in [-0.05, 0) is 112 Å². The van der Waals surface area contributed by atoms with E-state index in [2.05, 4.69) is 18.5 Å². The van der Waals surface area contributed by atoms with Crippen LogP contribution in [0.3, 0.4) is 0 Å². The van der Waals surface area contributed by atoms with E-state index < -0.39 is 17.9 Å². The first-order chi connectivity index (χ1) is 23.8. The van der Waals surface area contributed by atoms with Crippen LogP contribution >= 0.6 is 11.6 Å². The van der Waals surface area contributed by atoms with Crippen LogP contribution in [0.15, 0.2) is 92.0 Å². The molecule has 0 spiro atoms.